The molecule has 298 valence electrons. The number of aromatic nitrogens is 4. The summed E-state index contributed by atoms with van der Waals surface area (Å²) >= 11 is 0. The maximum atomic E-state index is 15.9. The minimum Gasteiger partial charge on any atom is -0.497 e. The molecule has 0 radical (unpaired) electrons. The van der Waals surface area contributed by atoms with E-state index in [9.17, 15) is 0 Å². The van der Waals surface area contributed by atoms with Crippen molar-refractivity contribution < 1.29 is 18.3 Å². The van der Waals surface area contributed by atoms with Gasteiger partial charge in [0.1, 0.15) is 17.5 Å². The minimum absolute atomic E-state index is 0.128. The SMILES string of the molecule is C#C[C@]1(CO[Si](c2ccccc2)(c2ccccc2)C(C)(C)C)O[C@@H](n2cnc3c(NC(c4ccccc4)(c4ccccc4)c4ccc(OC)cc4)nc(F)nc32)C[C@@H]1C. The molecule has 0 unspecified atom stereocenters. The molecular formula is C49H48FN5O3Si. The molecule has 0 saturated carbocycles. The third kappa shape index (κ3) is 6.99. The molecule has 1 aliphatic rings. The molecule has 10 heteroatoms. The van der Waals surface area contributed by atoms with Crippen LogP contribution in [0.3, 0.4) is 0 Å². The first-order valence-corrected chi connectivity index (χ1v) is 21.8. The number of ether oxygens (including phenoxy) is 2. The number of rotatable bonds is 12. The van der Waals surface area contributed by atoms with Crippen molar-refractivity contribution >= 4 is 35.7 Å². The zero-order chi connectivity index (χ0) is 41.3. The number of methoxy groups -OCH3 is 1. The number of hydrogen-bond donors (Lipinski definition) is 1. The fraction of sp³-hybridized carbons (Fsp3) is 0.245. The molecule has 1 fully saturated rings. The number of hydrogen-bond acceptors (Lipinski definition) is 7. The number of nitrogens with one attached hydrogen (secondary N) is 1. The van der Waals surface area contributed by atoms with E-state index in [0.717, 1.165) is 27.1 Å². The quantitative estimate of drug-likeness (QED) is 0.0572. The van der Waals surface area contributed by atoms with Crippen molar-refractivity contribution in [2.24, 2.45) is 5.92 Å². The molecule has 3 heterocycles. The summed E-state index contributed by atoms with van der Waals surface area (Å²) in [5.41, 5.74) is 1.25. The molecular weight excluding hydrogens is 754 g/mol. The average Bonchev–Trinajstić information content (AvgIpc) is 3.84. The molecule has 2 aromatic heterocycles. The lowest BCUT2D eigenvalue weighted by molar-refractivity contribution is -0.0682. The summed E-state index contributed by atoms with van der Waals surface area (Å²) in [4.78, 5) is 13.5. The first-order valence-electron chi connectivity index (χ1n) is 19.9. The fourth-order valence-corrected chi connectivity index (χ4v) is 13.3. The van der Waals surface area contributed by atoms with Crippen LogP contribution in [-0.4, -0.2) is 47.2 Å². The molecule has 1 saturated heterocycles. The molecule has 0 amide bonds. The van der Waals surface area contributed by atoms with Gasteiger partial charge < -0.3 is 19.2 Å². The lowest BCUT2D eigenvalue weighted by Gasteiger charge is -2.44. The van der Waals surface area contributed by atoms with Crippen molar-refractivity contribution in [2.45, 2.75) is 56.5 Å². The second kappa shape index (κ2) is 15.9. The van der Waals surface area contributed by atoms with Gasteiger partial charge in [0, 0.05) is 5.92 Å². The highest BCUT2D eigenvalue weighted by Crippen LogP contribution is 2.46. The predicted octanol–water partition coefficient (Wildman–Crippen LogP) is 8.88. The minimum atomic E-state index is -2.95. The molecule has 7 aromatic rings. The second-order valence-electron chi connectivity index (χ2n) is 16.2. The first-order chi connectivity index (χ1) is 28.5. The van der Waals surface area contributed by atoms with Gasteiger partial charge in [-0.05, 0) is 50.7 Å². The maximum Gasteiger partial charge on any atom is 0.312 e. The number of anilines is 1. The van der Waals surface area contributed by atoms with E-state index in [4.69, 9.17) is 25.3 Å². The van der Waals surface area contributed by atoms with E-state index >= 15 is 4.39 Å². The van der Waals surface area contributed by atoms with Crippen LogP contribution in [0.1, 0.15) is 57.0 Å². The number of benzene rings is 5. The van der Waals surface area contributed by atoms with Crippen LogP contribution < -0.4 is 20.4 Å². The smallest absolute Gasteiger partial charge is 0.312 e. The van der Waals surface area contributed by atoms with Gasteiger partial charge in [0.2, 0.25) is 0 Å². The Morgan fingerprint density at radius 1 is 0.814 bits per heavy atom. The van der Waals surface area contributed by atoms with E-state index < -0.39 is 31.8 Å². The van der Waals surface area contributed by atoms with E-state index in [2.05, 4.69) is 97.4 Å². The Morgan fingerprint density at radius 3 is 1.85 bits per heavy atom. The molecule has 3 atom stereocenters. The zero-order valence-electron chi connectivity index (χ0n) is 34.0. The molecule has 0 aliphatic carbocycles. The highest BCUT2D eigenvalue weighted by molar-refractivity contribution is 6.99. The van der Waals surface area contributed by atoms with Crippen LogP contribution in [-0.2, 0) is 14.7 Å². The molecule has 8 rings (SSSR count). The summed E-state index contributed by atoms with van der Waals surface area (Å²) in [7, 11) is -1.31. The van der Waals surface area contributed by atoms with Crippen LogP contribution >= 0.6 is 0 Å². The largest absolute Gasteiger partial charge is 0.497 e. The summed E-state index contributed by atoms with van der Waals surface area (Å²) < 4.78 is 37.5. The number of fused-ring (bicyclic) bond motifs is 1. The Hall–Kier alpha value is -6.12. The third-order valence-corrected chi connectivity index (χ3v) is 16.8. The molecule has 59 heavy (non-hydrogen) atoms. The molecule has 1 aliphatic heterocycles. The number of imidazole rings is 1. The van der Waals surface area contributed by atoms with Gasteiger partial charge in [-0.15, -0.1) is 6.42 Å². The average molecular weight is 802 g/mol. The second-order valence-corrected chi connectivity index (χ2v) is 20.5. The fourth-order valence-electron chi connectivity index (χ4n) is 8.74. The summed E-state index contributed by atoms with van der Waals surface area (Å²) in [6, 6.07) is 48.8. The van der Waals surface area contributed by atoms with Gasteiger partial charge in [0.05, 0.1) is 20.0 Å². The van der Waals surface area contributed by atoms with Crippen LogP contribution in [0.2, 0.25) is 5.04 Å². The Labute approximate surface area is 346 Å². The van der Waals surface area contributed by atoms with Crippen LogP contribution in [0.4, 0.5) is 10.2 Å². The molecule has 5 aromatic carbocycles. The van der Waals surface area contributed by atoms with Gasteiger partial charge in [-0.2, -0.15) is 14.4 Å². The van der Waals surface area contributed by atoms with Gasteiger partial charge >= 0.3 is 6.08 Å². The van der Waals surface area contributed by atoms with E-state index in [1.165, 1.54) is 0 Å². The van der Waals surface area contributed by atoms with Gasteiger partial charge in [-0.25, -0.2) is 4.98 Å². The van der Waals surface area contributed by atoms with Crippen LogP contribution in [0.25, 0.3) is 11.2 Å². The van der Waals surface area contributed by atoms with Crippen molar-refractivity contribution in [3.63, 3.8) is 0 Å². The summed E-state index contributed by atoms with van der Waals surface area (Å²) in [6.45, 7) is 8.95. The molecule has 0 spiro atoms. The lowest BCUT2D eigenvalue weighted by atomic mass is 9.77. The van der Waals surface area contributed by atoms with Crippen molar-refractivity contribution in [3.05, 3.63) is 175 Å². The van der Waals surface area contributed by atoms with Crippen molar-refractivity contribution in [3.8, 4) is 18.1 Å². The van der Waals surface area contributed by atoms with Gasteiger partial charge in [-0.1, -0.05) is 167 Å². The van der Waals surface area contributed by atoms with Gasteiger partial charge in [-0.3, -0.25) is 4.57 Å². The van der Waals surface area contributed by atoms with Gasteiger partial charge in [0.25, 0.3) is 8.32 Å². The van der Waals surface area contributed by atoms with Crippen molar-refractivity contribution in [1.82, 2.24) is 19.5 Å². The van der Waals surface area contributed by atoms with Crippen LogP contribution in [0.5, 0.6) is 5.75 Å². The molecule has 1 N–H and O–H groups in total. The van der Waals surface area contributed by atoms with Crippen molar-refractivity contribution in [1.29, 1.82) is 0 Å². The van der Waals surface area contributed by atoms with E-state index in [1.807, 2.05) is 97.1 Å². The topological polar surface area (TPSA) is 83.3 Å². The van der Waals surface area contributed by atoms with Crippen LogP contribution in [0.15, 0.2) is 152 Å². The summed E-state index contributed by atoms with van der Waals surface area (Å²) in [5.74, 6) is 3.83. The number of nitrogens with zero attached hydrogens (tertiary/aromatic N) is 4. The van der Waals surface area contributed by atoms with E-state index in [0.29, 0.717) is 17.7 Å². The Balaban J connectivity index is 1.18. The monoisotopic (exact) mass is 801 g/mol. The number of halogens is 1. The third-order valence-electron chi connectivity index (χ3n) is 11.8. The van der Waals surface area contributed by atoms with Crippen molar-refractivity contribution in [2.75, 3.05) is 19.0 Å². The van der Waals surface area contributed by atoms with Gasteiger partial charge in [0.15, 0.2) is 22.6 Å². The first kappa shape index (κ1) is 39.7. The normalized spacial score (nSPS) is 18.4. The summed E-state index contributed by atoms with van der Waals surface area (Å²) in [5, 5.41) is 5.73. The number of terminal acetylenes is 1. The predicted molar refractivity (Wildman–Crippen MR) is 234 cm³/mol. The lowest BCUT2D eigenvalue weighted by Crippen LogP contribution is -2.67. The highest BCUT2D eigenvalue weighted by Gasteiger charge is 2.54. The maximum absolute atomic E-state index is 15.9. The Morgan fingerprint density at radius 2 is 1.34 bits per heavy atom. The highest BCUT2D eigenvalue weighted by atomic mass is 28.4. The standard InChI is InChI=1S/C49H48FN5O3Si/c1-7-48(33-57-59(47(3,4)5,40-24-16-10-17-25-40)41-26-18-11-19-27-41)35(2)32-42(58-48)55-34-51-43-44(52-46(50)53-45(43)55)54-49(36-20-12-8-13-21-36,37-22-14-9-15-23-37)38-28-30-39(56-6)31-29-38/h1,8-31,34-35,42H,32-33H2,2-6H3,(H,52,53,54)/t35-,42+,48+/m0/s1. The van der Waals surface area contributed by atoms with E-state index in [-0.39, 0.29) is 29.0 Å². The molecule has 0 bridgehead atoms. The molecule has 8 nitrogen and oxygen atoms in total. The Bertz CT molecular complexity index is 2480. The Kier molecular flexibility index (Phi) is 10.7. The summed E-state index contributed by atoms with van der Waals surface area (Å²) in [6.07, 6.45) is 7.09. The van der Waals surface area contributed by atoms with Crippen LogP contribution in [0, 0.1) is 24.3 Å². The van der Waals surface area contributed by atoms with E-state index in [1.54, 1.807) is 18.0 Å². The zero-order valence-corrected chi connectivity index (χ0v) is 35.0.